The van der Waals surface area contributed by atoms with Crippen LogP contribution in [0.4, 0.5) is 4.39 Å². The van der Waals surface area contributed by atoms with E-state index in [1.165, 1.54) is 16.4 Å². The average molecular weight is 497 g/mol. The molecule has 35 heavy (non-hydrogen) atoms. The molecule has 1 amide bonds. The van der Waals surface area contributed by atoms with Crippen molar-refractivity contribution in [2.75, 3.05) is 13.1 Å². The Bertz CT molecular complexity index is 1210. The normalized spacial score (nSPS) is 15.0. The van der Waals surface area contributed by atoms with Crippen LogP contribution >= 0.6 is 0 Å². The molecule has 8 heteroatoms. The number of nitrogens with zero attached hydrogens (tertiary/aromatic N) is 1. The fraction of sp³-hybridized carbons (Fsp3) is 0.296. The van der Waals surface area contributed by atoms with E-state index in [0.717, 1.165) is 16.7 Å². The third kappa shape index (κ3) is 7.13. The SMILES string of the molecule is O=C(NCc1ccc(OCc2ccc(F)cc2)cc1)C1CCN(S(=O)(=O)Cc2ccccc2)CC1. The van der Waals surface area contributed by atoms with Crippen molar-refractivity contribution in [3.05, 3.63) is 101 Å². The quantitative estimate of drug-likeness (QED) is 0.480. The maximum Gasteiger partial charge on any atom is 0.223 e. The van der Waals surface area contributed by atoms with Crippen LogP contribution in [0.5, 0.6) is 5.75 Å². The summed E-state index contributed by atoms with van der Waals surface area (Å²) in [6.45, 7) is 1.44. The largest absolute Gasteiger partial charge is 0.489 e. The second-order valence-electron chi connectivity index (χ2n) is 8.69. The van der Waals surface area contributed by atoms with Crippen LogP contribution in [0.15, 0.2) is 78.9 Å². The van der Waals surface area contributed by atoms with E-state index in [1.807, 2.05) is 54.6 Å². The van der Waals surface area contributed by atoms with E-state index in [9.17, 15) is 17.6 Å². The highest BCUT2D eigenvalue weighted by atomic mass is 32.2. The highest BCUT2D eigenvalue weighted by molar-refractivity contribution is 7.88. The van der Waals surface area contributed by atoms with Crippen molar-refractivity contribution in [3.8, 4) is 5.75 Å². The van der Waals surface area contributed by atoms with Gasteiger partial charge in [-0.05, 0) is 53.8 Å². The molecule has 0 aromatic heterocycles. The lowest BCUT2D eigenvalue weighted by Gasteiger charge is -2.30. The van der Waals surface area contributed by atoms with Gasteiger partial charge in [0.2, 0.25) is 15.9 Å². The van der Waals surface area contributed by atoms with Gasteiger partial charge < -0.3 is 10.1 Å². The van der Waals surface area contributed by atoms with Crippen molar-refractivity contribution in [2.24, 2.45) is 5.92 Å². The summed E-state index contributed by atoms with van der Waals surface area (Å²) in [5.74, 6) is 0.138. The van der Waals surface area contributed by atoms with Gasteiger partial charge in [-0.2, -0.15) is 0 Å². The highest BCUT2D eigenvalue weighted by Crippen LogP contribution is 2.22. The van der Waals surface area contributed by atoms with Gasteiger partial charge >= 0.3 is 0 Å². The molecule has 0 spiro atoms. The summed E-state index contributed by atoms with van der Waals surface area (Å²) in [5, 5.41) is 2.96. The third-order valence-electron chi connectivity index (χ3n) is 6.12. The van der Waals surface area contributed by atoms with Crippen molar-refractivity contribution >= 4 is 15.9 Å². The summed E-state index contributed by atoms with van der Waals surface area (Å²) >= 11 is 0. The van der Waals surface area contributed by atoms with E-state index in [1.54, 1.807) is 12.1 Å². The molecule has 0 bridgehead atoms. The lowest BCUT2D eigenvalue weighted by atomic mass is 9.97. The number of carbonyl (C=O) groups is 1. The van der Waals surface area contributed by atoms with Gasteiger partial charge in [0.15, 0.2) is 0 Å². The Morgan fingerprint density at radius 1 is 0.886 bits per heavy atom. The standard InChI is InChI=1S/C27H29FN2O4S/c28-25-10-6-22(7-11-25)19-34-26-12-8-21(9-13-26)18-29-27(31)24-14-16-30(17-15-24)35(32,33)20-23-4-2-1-3-5-23/h1-13,24H,14-20H2,(H,29,31). The summed E-state index contributed by atoms with van der Waals surface area (Å²) in [5.41, 5.74) is 2.58. The lowest BCUT2D eigenvalue weighted by Crippen LogP contribution is -2.43. The Labute approximate surface area is 205 Å². The zero-order valence-electron chi connectivity index (χ0n) is 19.4. The Balaban J connectivity index is 1.20. The summed E-state index contributed by atoms with van der Waals surface area (Å²) in [6, 6.07) is 22.7. The Kier molecular flexibility index (Phi) is 8.15. The molecule has 0 radical (unpaired) electrons. The summed E-state index contributed by atoms with van der Waals surface area (Å²) in [4.78, 5) is 12.6. The first kappa shape index (κ1) is 24.9. The number of nitrogens with one attached hydrogen (secondary N) is 1. The molecule has 0 unspecified atom stereocenters. The molecule has 184 valence electrons. The molecule has 0 aliphatic carbocycles. The van der Waals surface area contributed by atoms with E-state index in [4.69, 9.17) is 4.74 Å². The Hall–Kier alpha value is -3.23. The monoisotopic (exact) mass is 496 g/mol. The zero-order chi connectivity index (χ0) is 24.7. The molecule has 6 nitrogen and oxygen atoms in total. The minimum Gasteiger partial charge on any atom is -0.489 e. The fourth-order valence-electron chi connectivity index (χ4n) is 4.06. The summed E-state index contributed by atoms with van der Waals surface area (Å²) < 4.78 is 45.6. The molecule has 0 saturated carbocycles. The summed E-state index contributed by atoms with van der Waals surface area (Å²) in [7, 11) is -3.40. The number of halogens is 1. The maximum absolute atomic E-state index is 13.0. The Morgan fingerprint density at radius 3 is 2.17 bits per heavy atom. The van der Waals surface area contributed by atoms with E-state index in [-0.39, 0.29) is 23.4 Å². The second kappa shape index (κ2) is 11.5. The van der Waals surface area contributed by atoms with E-state index in [0.29, 0.717) is 44.8 Å². The van der Waals surface area contributed by atoms with Crippen molar-refractivity contribution in [3.63, 3.8) is 0 Å². The van der Waals surface area contributed by atoms with Gasteiger partial charge in [-0.1, -0.05) is 54.6 Å². The topological polar surface area (TPSA) is 75.7 Å². The first-order chi connectivity index (χ1) is 16.9. The molecule has 3 aromatic carbocycles. The minimum atomic E-state index is -3.40. The van der Waals surface area contributed by atoms with Crippen molar-refractivity contribution in [1.29, 1.82) is 0 Å². The van der Waals surface area contributed by atoms with Gasteiger partial charge in [-0.25, -0.2) is 17.1 Å². The molecule has 1 aliphatic heterocycles. The van der Waals surface area contributed by atoms with Crippen LogP contribution < -0.4 is 10.1 Å². The lowest BCUT2D eigenvalue weighted by molar-refractivity contribution is -0.126. The smallest absolute Gasteiger partial charge is 0.223 e. The maximum atomic E-state index is 13.0. The average Bonchev–Trinajstić information content (AvgIpc) is 2.88. The number of hydrogen-bond acceptors (Lipinski definition) is 4. The number of hydrogen-bond donors (Lipinski definition) is 1. The molecule has 0 atom stereocenters. The number of ether oxygens (including phenoxy) is 1. The predicted molar refractivity (Wildman–Crippen MR) is 132 cm³/mol. The first-order valence-electron chi connectivity index (χ1n) is 11.6. The predicted octanol–water partition coefficient (Wildman–Crippen LogP) is 4.26. The molecule has 1 N–H and O–H groups in total. The van der Waals surface area contributed by atoms with Crippen LogP contribution in [0.2, 0.25) is 0 Å². The van der Waals surface area contributed by atoms with Gasteiger partial charge in [0.25, 0.3) is 0 Å². The molecule has 4 rings (SSSR count). The second-order valence-corrected chi connectivity index (χ2v) is 10.7. The number of amides is 1. The van der Waals surface area contributed by atoms with Gasteiger partial charge in [0.1, 0.15) is 18.2 Å². The number of sulfonamides is 1. The molecule has 1 aliphatic rings. The van der Waals surface area contributed by atoms with E-state index < -0.39 is 10.0 Å². The van der Waals surface area contributed by atoms with Crippen molar-refractivity contribution in [1.82, 2.24) is 9.62 Å². The fourth-order valence-corrected chi connectivity index (χ4v) is 5.62. The number of carbonyl (C=O) groups excluding carboxylic acids is 1. The molecular weight excluding hydrogens is 467 g/mol. The molecule has 1 saturated heterocycles. The van der Waals surface area contributed by atoms with E-state index >= 15 is 0 Å². The zero-order valence-corrected chi connectivity index (χ0v) is 20.2. The van der Waals surface area contributed by atoms with Crippen LogP contribution in [-0.4, -0.2) is 31.7 Å². The molecule has 1 heterocycles. The van der Waals surface area contributed by atoms with Crippen LogP contribution in [-0.2, 0) is 33.7 Å². The Morgan fingerprint density at radius 2 is 1.51 bits per heavy atom. The van der Waals surface area contributed by atoms with Gasteiger partial charge in [-0.15, -0.1) is 0 Å². The van der Waals surface area contributed by atoms with Crippen LogP contribution in [0.1, 0.15) is 29.5 Å². The number of benzene rings is 3. The number of rotatable bonds is 9. The van der Waals surface area contributed by atoms with Gasteiger partial charge in [-0.3, -0.25) is 4.79 Å². The summed E-state index contributed by atoms with van der Waals surface area (Å²) in [6.07, 6.45) is 1.02. The first-order valence-corrected chi connectivity index (χ1v) is 13.3. The third-order valence-corrected chi connectivity index (χ3v) is 7.97. The van der Waals surface area contributed by atoms with E-state index in [2.05, 4.69) is 5.32 Å². The van der Waals surface area contributed by atoms with Gasteiger partial charge in [0.05, 0.1) is 5.75 Å². The van der Waals surface area contributed by atoms with Crippen molar-refractivity contribution in [2.45, 2.75) is 31.7 Å². The van der Waals surface area contributed by atoms with Crippen LogP contribution in [0, 0.1) is 11.7 Å². The molecule has 1 fully saturated rings. The van der Waals surface area contributed by atoms with Gasteiger partial charge in [0, 0.05) is 25.6 Å². The van der Waals surface area contributed by atoms with Crippen LogP contribution in [0.25, 0.3) is 0 Å². The van der Waals surface area contributed by atoms with Crippen molar-refractivity contribution < 1.29 is 22.3 Å². The number of piperidine rings is 1. The minimum absolute atomic E-state index is 0.0195. The molecular formula is C27H29FN2O4S. The highest BCUT2D eigenvalue weighted by Gasteiger charge is 2.31. The molecule has 3 aromatic rings. The van der Waals surface area contributed by atoms with Crippen LogP contribution in [0.3, 0.4) is 0 Å².